The summed E-state index contributed by atoms with van der Waals surface area (Å²) in [4.78, 5) is 28.0. The van der Waals surface area contributed by atoms with Crippen molar-refractivity contribution in [2.24, 2.45) is 0 Å². The number of rotatable bonds is 7. The Kier molecular flexibility index (Phi) is 8.01. The molecule has 0 aliphatic heterocycles. The van der Waals surface area contributed by atoms with Gasteiger partial charge in [-0.3, -0.25) is 9.59 Å². The number of halogens is 2. The lowest BCUT2D eigenvalue weighted by Crippen LogP contribution is -2.50. The molecule has 31 heavy (non-hydrogen) atoms. The van der Waals surface area contributed by atoms with Gasteiger partial charge in [-0.05, 0) is 51.3 Å². The Labute approximate surface area is 194 Å². The first kappa shape index (κ1) is 23.6. The Morgan fingerprint density at radius 2 is 1.65 bits per heavy atom. The largest absolute Gasteiger partial charge is 0.352 e. The molecule has 1 aliphatic carbocycles. The number of amides is 2. The SMILES string of the molecule is Cc1cc(C)cc(CC(=O)N(Cc2c(Cl)cccc2Cl)[C@H](C)C(=O)NC2CCCC2)c1. The van der Waals surface area contributed by atoms with Gasteiger partial charge < -0.3 is 10.2 Å². The van der Waals surface area contributed by atoms with Gasteiger partial charge >= 0.3 is 0 Å². The van der Waals surface area contributed by atoms with E-state index in [-0.39, 0.29) is 30.8 Å². The fourth-order valence-electron chi connectivity index (χ4n) is 4.28. The molecule has 2 aromatic carbocycles. The lowest BCUT2D eigenvalue weighted by atomic mass is 10.0. The molecule has 1 N–H and O–H groups in total. The number of hydrogen-bond donors (Lipinski definition) is 1. The van der Waals surface area contributed by atoms with Crippen LogP contribution in [-0.2, 0) is 22.6 Å². The van der Waals surface area contributed by atoms with Gasteiger partial charge in [-0.25, -0.2) is 0 Å². The Hall–Kier alpha value is -2.04. The van der Waals surface area contributed by atoms with Crippen LogP contribution in [0.1, 0.15) is 54.9 Å². The monoisotopic (exact) mass is 460 g/mol. The molecule has 0 bridgehead atoms. The van der Waals surface area contributed by atoms with Gasteiger partial charge in [0.2, 0.25) is 11.8 Å². The maximum Gasteiger partial charge on any atom is 0.242 e. The third-order valence-corrected chi connectivity index (χ3v) is 6.60. The molecule has 0 saturated heterocycles. The van der Waals surface area contributed by atoms with Gasteiger partial charge in [-0.1, -0.05) is 71.4 Å². The minimum absolute atomic E-state index is 0.130. The van der Waals surface area contributed by atoms with E-state index in [1.54, 1.807) is 30.0 Å². The number of carbonyl (C=O) groups is 2. The van der Waals surface area contributed by atoms with Gasteiger partial charge in [0.05, 0.1) is 6.42 Å². The first-order chi connectivity index (χ1) is 14.7. The number of nitrogens with zero attached hydrogens (tertiary/aromatic N) is 1. The molecular formula is C25H30Cl2N2O2. The fraction of sp³-hybridized carbons (Fsp3) is 0.440. The van der Waals surface area contributed by atoms with Crippen molar-refractivity contribution in [3.8, 4) is 0 Å². The van der Waals surface area contributed by atoms with Crippen molar-refractivity contribution in [2.45, 2.75) is 71.5 Å². The molecule has 4 nitrogen and oxygen atoms in total. The molecule has 166 valence electrons. The van der Waals surface area contributed by atoms with Crippen LogP contribution in [0.2, 0.25) is 10.0 Å². The Bertz CT molecular complexity index is 914. The molecule has 0 unspecified atom stereocenters. The number of carbonyl (C=O) groups excluding carboxylic acids is 2. The Morgan fingerprint density at radius 1 is 1.06 bits per heavy atom. The third-order valence-electron chi connectivity index (χ3n) is 5.90. The molecule has 6 heteroatoms. The topological polar surface area (TPSA) is 49.4 Å². The van der Waals surface area contributed by atoms with Crippen molar-refractivity contribution in [3.63, 3.8) is 0 Å². The highest BCUT2D eigenvalue weighted by Crippen LogP contribution is 2.27. The van der Waals surface area contributed by atoms with Crippen LogP contribution >= 0.6 is 23.2 Å². The Morgan fingerprint density at radius 3 is 2.23 bits per heavy atom. The summed E-state index contributed by atoms with van der Waals surface area (Å²) in [7, 11) is 0. The van der Waals surface area contributed by atoms with Gasteiger partial charge in [0, 0.05) is 28.2 Å². The first-order valence-corrected chi connectivity index (χ1v) is 11.6. The second-order valence-electron chi connectivity index (χ2n) is 8.56. The van der Waals surface area contributed by atoms with Crippen molar-refractivity contribution in [1.82, 2.24) is 10.2 Å². The maximum absolute atomic E-state index is 13.4. The summed E-state index contributed by atoms with van der Waals surface area (Å²) in [5.74, 6) is -0.265. The van der Waals surface area contributed by atoms with Gasteiger partial charge in [0.25, 0.3) is 0 Å². The Balaban J connectivity index is 1.85. The molecule has 0 radical (unpaired) electrons. The van der Waals surface area contributed by atoms with E-state index in [0.29, 0.717) is 15.6 Å². The zero-order chi connectivity index (χ0) is 22.5. The maximum atomic E-state index is 13.4. The average Bonchev–Trinajstić information content (AvgIpc) is 3.19. The lowest BCUT2D eigenvalue weighted by molar-refractivity contribution is -0.140. The van der Waals surface area contributed by atoms with E-state index in [1.807, 2.05) is 26.0 Å². The van der Waals surface area contributed by atoms with Crippen LogP contribution in [0.4, 0.5) is 0 Å². The molecule has 0 spiro atoms. The number of hydrogen-bond acceptors (Lipinski definition) is 2. The van der Waals surface area contributed by atoms with Crippen molar-refractivity contribution >= 4 is 35.0 Å². The minimum atomic E-state index is -0.633. The van der Waals surface area contributed by atoms with E-state index in [9.17, 15) is 9.59 Å². The summed E-state index contributed by atoms with van der Waals surface area (Å²) < 4.78 is 0. The molecule has 2 aromatic rings. The van der Waals surface area contributed by atoms with Gasteiger partial charge in [0.1, 0.15) is 6.04 Å². The zero-order valence-corrected chi connectivity index (χ0v) is 19.9. The van der Waals surface area contributed by atoms with Crippen molar-refractivity contribution < 1.29 is 9.59 Å². The van der Waals surface area contributed by atoms with Crippen LogP contribution in [0.3, 0.4) is 0 Å². The van der Waals surface area contributed by atoms with Gasteiger partial charge in [-0.15, -0.1) is 0 Å². The predicted molar refractivity (Wildman–Crippen MR) is 126 cm³/mol. The minimum Gasteiger partial charge on any atom is -0.352 e. The summed E-state index contributed by atoms with van der Waals surface area (Å²) in [6.45, 7) is 5.98. The molecule has 0 aromatic heterocycles. The van der Waals surface area contributed by atoms with Crippen LogP contribution in [0, 0.1) is 13.8 Å². The average molecular weight is 461 g/mol. The summed E-state index contributed by atoms with van der Waals surface area (Å²) in [5, 5.41) is 4.08. The number of aryl methyl sites for hydroxylation is 2. The molecule has 0 heterocycles. The van der Waals surface area contributed by atoms with E-state index < -0.39 is 6.04 Å². The van der Waals surface area contributed by atoms with Crippen LogP contribution in [-0.4, -0.2) is 28.8 Å². The predicted octanol–water partition coefficient (Wildman–Crippen LogP) is 5.63. The third kappa shape index (κ3) is 6.24. The molecule has 1 atom stereocenters. The highest BCUT2D eigenvalue weighted by molar-refractivity contribution is 6.36. The molecule has 3 rings (SSSR count). The van der Waals surface area contributed by atoms with Crippen molar-refractivity contribution in [2.75, 3.05) is 0 Å². The molecule has 2 amide bonds. The van der Waals surface area contributed by atoms with E-state index in [1.165, 1.54) is 0 Å². The van der Waals surface area contributed by atoms with Crippen LogP contribution < -0.4 is 5.32 Å². The lowest BCUT2D eigenvalue weighted by Gasteiger charge is -2.30. The van der Waals surface area contributed by atoms with Gasteiger partial charge in [-0.2, -0.15) is 0 Å². The molecule has 1 saturated carbocycles. The summed E-state index contributed by atoms with van der Waals surface area (Å²) >= 11 is 12.8. The molecule has 1 fully saturated rings. The van der Waals surface area contributed by atoms with E-state index in [2.05, 4.69) is 11.4 Å². The van der Waals surface area contributed by atoms with Crippen molar-refractivity contribution in [1.29, 1.82) is 0 Å². The van der Waals surface area contributed by atoms with E-state index in [0.717, 1.165) is 42.4 Å². The number of benzene rings is 2. The summed E-state index contributed by atoms with van der Waals surface area (Å²) in [5.41, 5.74) is 3.80. The van der Waals surface area contributed by atoms with E-state index >= 15 is 0 Å². The highest BCUT2D eigenvalue weighted by Gasteiger charge is 2.29. The standard InChI is InChI=1S/C25H30Cl2N2O2/c1-16-11-17(2)13-19(12-16)14-24(30)29(15-21-22(26)9-6-10-23(21)27)18(3)25(31)28-20-7-4-5-8-20/h6,9-13,18,20H,4-5,7-8,14-15H2,1-3H3,(H,28,31)/t18-/m1/s1. The number of nitrogens with one attached hydrogen (secondary N) is 1. The molecule has 1 aliphatic rings. The zero-order valence-electron chi connectivity index (χ0n) is 18.4. The quantitative estimate of drug-likeness (QED) is 0.581. The van der Waals surface area contributed by atoms with Crippen LogP contribution in [0.5, 0.6) is 0 Å². The van der Waals surface area contributed by atoms with Gasteiger partial charge in [0.15, 0.2) is 0 Å². The second-order valence-corrected chi connectivity index (χ2v) is 9.37. The molecular weight excluding hydrogens is 431 g/mol. The first-order valence-electron chi connectivity index (χ1n) is 10.8. The van der Waals surface area contributed by atoms with Crippen LogP contribution in [0.15, 0.2) is 36.4 Å². The van der Waals surface area contributed by atoms with Crippen LogP contribution in [0.25, 0.3) is 0 Å². The highest BCUT2D eigenvalue weighted by atomic mass is 35.5. The summed E-state index contributed by atoms with van der Waals surface area (Å²) in [6, 6.07) is 10.9. The van der Waals surface area contributed by atoms with Crippen molar-refractivity contribution in [3.05, 3.63) is 68.7 Å². The smallest absolute Gasteiger partial charge is 0.242 e. The normalized spacial score (nSPS) is 15.0. The van der Waals surface area contributed by atoms with E-state index in [4.69, 9.17) is 23.2 Å². The second kappa shape index (κ2) is 10.5. The summed E-state index contributed by atoms with van der Waals surface area (Å²) in [6.07, 6.45) is 4.45. The fourth-order valence-corrected chi connectivity index (χ4v) is 4.79.